The van der Waals surface area contributed by atoms with Crippen LogP contribution in [0.1, 0.15) is 32.1 Å². The first kappa shape index (κ1) is 16.4. The number of rotatable bonds is 7. The minimum Gasteiger partial charge on any atom is -0.380 e. The van der Waals surface area contributed by atoms with Crippen LogP contribution in [-0.4, -0.2) is 68.7 Å². The van der Waals surface area contributed by atoms with Gasteiger partial charge in [0.25, 0.3) is 0 Å². The van der Waals surface area contributed by atoms with Crippen molar-refractivity contribution in [3.8, 4) is 0 Å². The van der Waals surface area contributed by atoms with Gasteiger partial charge in [-0.05, 0) is 32.9 Å². The minimum absolute atomic E-state index is 0.121. The van der Waals surface area contributed by atoms with E-state index < -0.39 is 0 Å². The lowest BCUT2D eigenvalue weighted by molar-refractivity contribution is -0.132. The molecule has 19 heavy (non-hydrogen) atoms. The number of amides is 1. The van der Waals surface area contributed by atoms with E-state index in [-0.39, 0.29) is 12.0 Å². The number of piperidine rings is 1. The molecule has 0 radical (unpaired) electrons. The van der Waals surface area contributed by atoms with Gasteiger partial charge in [-0.25, -0.2) is 0 Å². The van der Waals surface area contributed by atoms with Gasteiger partial charge in [0.1, 0.15) is 0 Å². The molecule has 0 aromatic carbocycles. The van der Waals surface area contributed by atoms with Crippen molar-refractivity contribution < 1.29 is 9.53 Å². The van der Waals surface area contributed by atoms with Crippen LogP contribution >= 0.6 is 0 Å². The number of methoxy groups -OCH3 is 1. The first-order valence-corrected chi connectivity index (χ1v) is 7.25. The normalized spacial score (nSPS) is 22.2. The summed E-state index contributed by atoms with van der Waals surface area (Å²) in [6, 6.07) is 0.622. The molecule has 1 heterocycles. The Morgan fingerprint density at radius 3 is 2.84 bits per heavy atom. The fraction of sp³-hybridized carbons (Fsp3) is 0.929. The number of carbonyl (C=O) groups is 1. The molecule has 5 heteroatoms. The topological polar surface area (TPSA) is 58.8 Å². The zero-order valence-corrected chi connectivity index (χ0v) is 12.6. The van der Waals surface area contributed by atoms with E-state index in [1.807, 2.05) is 11.9 Å². The van der Waals surface area contributed by atoms with Gasteiger partial charge < -0.3 is 20.3 Å². The predicted octanol–water partition coefficient (Wildman–Crippen LogP) is 0.683. The minimum atomic E-state index is -0.160. The van der Waals surface area contributed by atoms with Gasteiger partial charge in [-0.15, -0.1) is 0 Å². The average Bonchev–Trinajstić information content (AvgIpc) is 2.43. The summed E-state index contributed by atoms with van der Waals surface area (Å²) < 4.78 is 5.15. The predicted molar refractivity (Wildman–Crippen MR) is 77.0 cm³/mol. The molecule has 1 aliphatic heterocycles. The Labute approximate surface area is 117 Å². The van der Waals surface area contributed by atoms with E-state index in [9.17, 15) is 4.79 Å². The molecule has 1 fully saturated rings. The van der Waals surface area contributed by atoms with Crippen molar-refractivity contribution in [2.45, 2.75) is 44.2 Å². The second-order valence-electron chi connectivity index (χ2n) is 5.53. The van der Waals surface area contributed by atoms with E-state index in [1.165, 1.54) is 25.8 Å². The lowest BCUT2D eigenvalue weighted by Crippen LogP contribution is -2.40. The van der Waals surface area contributed by atoms with Gasteiger partial charge in [-0.1, -0.05) is 6.42 Å². The van der Waals surface area contributed by atoms with Gasteiger partial charge in [0.05, 0.1) is 12.5 Å². The molecule has 0 aromatic rings. The second-order valence-corrected chi connectivity index (χ2v) is 5.53. The highest BCUT2D eigenvalue weighted by molar-refractivity contribution is 5.76. The van der Waals surface area contributed by atoms with Gasteiger partial charge in [0.2, 0.25) is 5.91 Å². The average molecular weight is 271 g/mol. The molecule has 1 aliphatic rings. The highest BCUT2D eigenvalue weighted by Crippen LogP contribution is 2.18. The maximum atomic E-state index is 12.0. The Balaban J connectivity index is 2.29. The van der Waals surface area contributed by atoms with Crippen LogP contribution in [0.15, 0.2) is 0 Å². The molecule has 1 saturated heterocycles. The molecule has 0 spiro atoms. The third-order valence-electron chi connectivity index (χ3n) is 4.14. The van der Waals surface area contributed by atoms with Crippen molar-refractivity contribution in [3.05, 3.63) is 0 Å². The maximum Gasteiger partial charge on any atom is 0.224 e. The van der Waals surface area contributed by atoms with Crippen LogP contribution in [0.4, 0.5) is 0 Å². The van der Waals surface area contributed by atoms with E-state index >= 15 is 0 Å². The number of nitrogens with zero attached hydrogens (tertiary/aromatic N) is 2. The Morgan fingerprint density at radius 2 is 2.26 bits per heavy atom. The second kappa shape index (κ2) is 8.51. The molecule has 1 rings (SSSR count). The third kappa shape index (κ3) is 5.47. The lowest BCUT2D eigenvalue weighted by Gasteiger charge is -2.33. The van der Waals surface area contributed by atoms with Crippen molar-refractivity contribution in [2.24, 2.45) is 5.73 Å². The van der Waals surface area contributed by atoms with Crippen LogP contribution in [0.2, 0.25) is 0 Å². The van der Waals surface area contributed by atoms with Crippen LogP contribution < -0.4 is 5.73 Å². The van der Waals surface area contributed by atoms with Gasteiger partial charge in [0, 0.05) is 33.3 Å². The van der Waals surface area contributed by atoms with Crippen LogP contribution in [0.3, 0.4) is 0 Å². The number of hydrogen-bond donors (Lipinski definition) is 1. The van der Waals surface area contributed by atoms with E-state index in [2.05, 4.69) is 11.9 Å². The van der Waals surface area contributed by atoms with Crippen molar-refractivity contribution >= 4 is 5.91 Å². The molecule has 2 atom stereocenters. The van der Waals surface area contributed by atoms with Gasteiger partial charge >= 0.3 is 0 Å². The summed E-state index contributed by atoms with van der Waals surface area (Å²) >= 11 is 0. The lowest BCUT2D eigenvalue weighted by atomic mass is 10.00. The molecule has 112 valence electrons. The van der Waals surface area contributed by atoms with Crippen molar-refractivity contribution in [2.75, 3.05) is 40.8 Å². The summed E-state index contributed by atoms with van der Waals surface area (Å²) in [7, 11) is 5.65. The molecule has 5 nitrogen and oxygen atoms in total. The van der Waals surface area contributed by atoms with E-state index in [4.69, 9.17) is 10.5 Å². The number of hydrogen-bond acceptors (Lipinski definition) is 4. The zero-order chi connectivity index (χ0) is 14.3. The van der Waals surface area contributed by atoms with E-state index in [1.54, 1.807) is 7.11 Å². The monoisotopic (exact) mass is 271 g/mol. The molecule has 2 unspecified atom stereocenters. The molecule has 2 N–H and O–H groups in total. The fourth-order valence-electron chi connectivity index (χ4n) is 2.59. The highest BCUT2D eigenvalue weighted by atomic mass is 16.5. The molecule has 0 bridgehead atoms. The van der Waals surface area contributed by atoms with Crippen LogP contribution in [0.5, 0.6) is 0 Å². The molecular formula is C14H29N3O2. The number of ether oxygens (including phenoxy) is 1. The summed E-state index contributed by atoms with van der Waals surface area (Å²) in [6.07, 6.45) is 5.14. The van der Waals surface area contributed by atoms with Crippen LogP contribution in [-0.2, 0) is 9.53 Å². The van der Waals surface area contributed by atoms with Crippen molar-refractivity contribution in [1.82, 2.24) is 9.80 Å². The van der Waals surface area contributed by atoms with Crippen molar-refractivity contribution in [1.29, 1.82) is 0 Å². The molecule has 0 saturated carbocycles. The molecular weight excluding hydrogens is 242 g/mol. The van der Waals surface area contributed by atoms with Gasteiger partial charge in [0.15, 0.2) is 0 Å². The fourth-order valence-corrected chi connectivity index (χ4v) is 2.59. The standard InChI is InChI=1S/C14H29N3O2/c1-16-8-5-4-6-12(16)7-9-17(2)14(18)10-13(11-15)19-3/h12-13H,4-11,15H2,1-3H3. The summed E-state index contributed by atoms with van der Waals surface area (Å²) in [5.74, 6) is 0.121. The number of carbonyl (C=O) groups excluding carboxylic acids is 1. The number of likely N-dealkylation sites (tertiary alicyclic amines) is 1. The summed E-state index contributed by atoms with van der Waals surface area (Å²) in [6.45, 7) is 2.39. The van der Waals surface area contributed by atoms with Crippen molar-refractivity contribution in [3.63, 3.8) is 0 Å². The largest absolute Gasteiger partial charge is 0.380 e. The Hall–Kier alpha value is -0.650. The Bertz CT molecular complexity index is 269. The molecule has 0 aromatic heterocycles. The maximum absolute atomic E-state index is 12.0. The van der Waals surface area contributed by atoms with E-state index in [0.717, 1.165) is 13.0 Å². The van der Waals surface area contributed by atoms with Gasteiger partial charge in [-0.2, -0.15) is 0 Å². The number of nitrogens with two attached hydrogens (primary N) is 1. The Kier molecular flexibility index (Phi) is 7.34. The third-order valence-corrected chi connectivity index (χ3v) is 4.14. The summed E-state index contributed by atoms with van der Waals surface area (Å²) in [5, 5.41) is 0. The van der Waals surface area contributed by atoms with Crippen LogP contribution in [0.25, 0.3) is 0 Å². The molecule has 0 aliphatic carbocycles. The highest BCUT2D eigenvalue weighted by Gasteiger charge is 2.21. The Morgan fingerprint density at radius 1 is 1.53 bits per heavy atom. The van der Waals surface area contributed by atoms with E-state index in [0.29, 0.717) is 19.0 Å². The first-order valence-electron chi connectivity index (χ1n) is 7.25. The summed E-state index contributed by atoms with van der Waals surface area (Å²) in [5.41, 5.74) is 5.54. The summed E-state index contributed by atoms with van der Waals surface area (Å²) in [4.78, 5) is 16.2. The quantitative estimate of drug-likeness (QED) is 0.740. The zero-order valence-electron chi connectivity index (χ0n) is 12.6. The first-order chi connectivity index (χ1) is 9.08. The van der Waals surface area contributed by atoms with Crippen LogP contribution in [0, 0.1) is 0 Å². The SMILES string of the molecule is COC(CN)CC(=O)N(C)CCC1CCCCN1C. The van der Waals surface area contributed by atoms with Gasteiger partial charge in [-0.3, -0.25) is 4.79 Å². The molecule has 1 amide bonds. The smallest absolute Gasteiger partial charge is 0.224 e.